The Kier molecular flexibility index (Phi) is 4.33. The van der Waals surface area contributed by atoms with Crippen molar-refractivity contribution >= 4 is 21.2 Å². The Morgan fingerprint density at radius 3 is 2.95 bits per heavy atom. The lowest BCUT2D eigenvalue weighted by atomic mass is 9.87. The number of aromatic nitrogens is 2. The van der Waals surface area contributed by atoms with E-state index in [-0.39, 0.29) is 16.2 Å². The van der Waals surface area contributed by atoms with E-state index in [1.807, 2.05) is 0 Å². The molecular weight excluding hydrogens is 324 g/mol. The molecule has 120 valence electrons. The zero-order valence-electron chi connectivity index (χ0n) is 12.5. The molecule has 0 spiro atoms. The number of thiophene rings is 1. The lowest BCUT2D eigenvalue weighted by molar-refractivity contribution is 0.0588. The molecular formula is C14H18N2O4S2. The van der Waals surface area contributed by atoms with Gasteiger partial charge in [0.1, 0.15) is 4.21 Å². The molecule has 0 aromatic carbocycles. The maximum atomic E-state index is 11.8. The van der Waals surface area contributed by atoms with E-state index in [2.05, 4.69) is 10.1 Å². The molecule has 2 unspecified atom stereocenters. The van der Waals surface area contributed by atoms with Crippen molar-refractivity contribution < 1.29 is 17.7 Å². The molecule has 1 saturated carbocycles. The molecule has 2 aromatic rings. The van der Waals surface area contributed by atoms with Crippen LogP contribution in [-0.2, 0) is 14.6 Å². The van der Waals surface area contributed by atoms with Crippen molar-refractivity contribution in [2.24, 2.45) is 0 Å². The molecule has 0 bridgehead atoms. The lowest BCUT2D eigenvalue weighted by Gasteiger charge is -2.25. The third kappa shape index (κ3) is 3.09. The average molecular weight is 342 g/mol. The van der Waals surface area contributed by atoms with Crippen LogP contribution in [0.1, 0.15) is 37.5 Å². The molecule has 2 aromatic heterocycles. The van der Waals surface area contributed by atoms with Crippen molar-refractivity contribution in [3.63, 3.8) is 0 Å². The van der Waals surface area contributed by atoms with Crippen LogP contribution in [0.15, 0.2) is 20.2 Å². The Bertz CT molecular complexity index is 750. The predicted molar refractivity (Wildman–Crippen MR) is 82.7 cm³/mol. The van der Waals surface area contributed by atoms with Gasteiger partial charge in [0.25, 0.3) is 0 Å². The van der Waals surface area contributed by atoms with Crippen LogP contribution in [0.5, 0.6) is 0 Å². The quantitative estimate of drug-likeness (QED) is 0.850. The van der Waals surface area contributed by atoms with Crippen LogP contribution in [0.25, 0.3) is 11.4 Å². The molecule has 1 fully saturated rings. The van der Waals surface area contributed by atoms with Crippen LogP contribution in [-0.4, -0.2) is 38.0 Å². The van der Waals surface area contributed by atoms with Gasteiger partial charge in [0.2, 0.25) is 11.7 Å². The summed E-state index contributed by atoms with van der Waals surface area (Å²) in [6.07, 6.45) is 5.38. The Labute approximate surface area is 133 Å². The SMILES string of the molecule is COC1CCCC(c2nc(-c3ccsc3S(C)(=O)=O)no2)C1. The third-order valence-corrected chi connectivity index (χ3v) is 6.75. The van der Waals surface area contributed by atoms with E-state index >= 15 is 0 Å². The van der Waals surface area contributed by atoms with Crippen LogP contribution in [0.4, 0.5) is 0 Å². The van der Waals surface area contributed by atoms with Gasteiger partial charge in [0.15, 0.2) is 9.84 Å². The maximum Gasteiger partial charge on any atom is 0.230 e. The molecule has 0 N–H and O–H groups in total. The highest BCUT2D eigenvalue weighted by molar-refractivity contribution is 7.92. The molecule has 0 aliphatic heterocycles. The van der Waals surface area contributed by atoms with Gasteiger partial charge < -0.3 is 9.26 Å². The van der Waals surface area contributed by atoms with Crippen molar-refractivity contribution in [1.82, 2.24) is 10.1 Å². The van der Waals surface area contributed by atoms with Crippen LogP contribution < -0.4 is 0 Å². The first kappa shape index (κ1) is 15.6. The zero-order chi connectivity index (χ0) is 15.7. The van der Waals surface area contributed by atoms with E-state index < -0.39 is 9.84 Å². The van der Waals surface area contributed by atoms with E-state index in [0.717, 1.165) is 25.7 Å². The normalized spacial score (nSPS) is 22.8. The molecule has 1 aliphatic carbocycles. The van der Waals surface area contributed by atoms with Crippen LogP contribution in [0.3, 0.4) is 0 Å². The second-order valence-corrected chi connectivity index (χ2v) is 8.70. The lowest BCUT2D eigenvalue weighted by Crippen LogP contribution is -2.20. The smallest absolute Gasteiger partial charge is 0.230 e. The van der Waals surface area contributed by atoms with Gasteiger partial charge in [0, 0.05) is 19.3 Å². The molecule has 2 heterocycles. The molecule has 0 amide bonds. The molecule has 0 saturated heterocycles. The van der Waals surface area contributed by atoms with Gasteiger partial charge in [0.05, 0.1) is 11.7 Å². The molecule has 1 aliphatic rings. The largest absolute Gasteiger partial charge is 0.381 e. The summed E-state index contributed by atoms with van der Waals surface area (Å²) in [5.74, 6) is 1.10. The highest BCUT2D eigenvalue weighted by Crippen LogP contribution is 2.35. The van der Waals surface area contributed by atoms with Gasteiger partial charge in [-0.05, 0) is 30.7 Å². The summed E-state index contributed by atoms with van der Waals surface area (Å²) >= 11 is 1.17. The third-order valence-electron chi connectivity index (χ3n) is 3.96. The Balaban J connectivity index is 1.87. The average Bonchev–Trinajstić information content (AvgIpc) is 3.15. The summed E-state index contributed by atoms with van der Waals surface area (Å²) in [6, 6.07) is 1.72. The van der Waals surface area contributed by atoms with Gasteiger partial charge in [-0.3, -0.25) is 0 Å². The number of nitrogens with zero attached hydrogens (tertiary/aromatic N) is 2. The molecule has 8 heteroatoms. The number of methoxy groups -OCH3 is 1. The van der Waals surface area contributed by atoms with Crippen molar-refractivity contribution in [1.29, 1.82) is 0 Å². The minimum Gasteiger partial charge on any atom is -0.381 e. The first-order valence-electron chi connectivity index (χ1n) is 7.13. The van der Waals surface area contributed by atoms with E-state index in [1.165, 1.54) is 17.6 Å². The second-order valence-electron chi connectivity index (χ2n) is 5.57. The van der Waals surface area contributed by atoms with E-state index in [1.54, 1.807) is 18.6 Å². The summed E-state index contributed by atoms with van der Waals surface area (Å²) in [5.41, 5.74) is 0.515. The first-order valence-corrected chi connectivity index (χ1v) is 9.90. The van der Waals surface area contributed by atoms with Crippen LogP contribution in [0, 0.1) is 0 Å². The minimum atomic E-state index is -3.29. The van der Waals surface area contributed by atoms with Crippen LogP contribution in [0.2, 0.25) is 0 Å². The van der Waals surface area contributed by atoms with E-state index in [0.29, 0.717) is 17.3 Å². The van der Waals surface area contributed by atoms with Gasteiger partial charge in [-0.25, -0.2) is 8.42 Å². The van der Waals surface area contributed by atoms with Gasteiger partial charge in [-0.1, -0.05) is 11.6 Å². The number of hydrogen-bond acceptors (Lipinski definition) is 7. The minimum absolute atomic E-state index is 0.181. The fraction of sp³-hybridized carbons (Fsp3) is 0.571. The molecule has 0 radical (unpaired) electrons. The Hall–Kier alpha value is -1.25. The number of hydrogen-bond donors (Lipinski definition) is 0. The number of sulfone groups is 1. The second kappa shape index (κ2) is 6.10. The van der Waals surface area contributed by atoms with Gasteiger partial charge in [-0.15, -0.1) is 11.3 Å². The van der Waals surface area contributed by atoms with E-state index in [9.17, 15) is 8.42 Å². The van der Waals surface area contributed by atoms with Crippen molar-refractivity contribution in [2.45, 2.75) is 41.9 Å². The fourth-order valence-corrected chi connectivity index (χ4v) is 4.88. The molecule has 3 rings (SSSR count). The highest BCUT2D eigenvalue weighted by atomic mass is 32.2. The monoisotopic (exact) mass is 342 g/mol. The fourth-order valence-electron chi connectivity index (χ4n) is 2.84. The highest BCUT2D eigenvalue weighted by Gasteiger charge is 2.28. The van der Waals surface area contributed by atoms with Crippen molar-refractivity contribution in [3.8, 4) is 11.4 Å². The van der Waals surface area contributed by atoms with Crippen molar-refractivity contribution in [2.75, 3.05) is 13.4 Å². The zero-order valence-corrected chi connectivity index (χ0v) is 14.1. The molecule has 6 nitrogen and oxygen atoms in total. The molecule has 2 atom stereocenters. The predicted octanol–water partition coefficient (Wildman–Crippen LogP) is 2.87. The topological polar surface area (TPSA) is 82.3 Å². The van der Waals surface area contributed by atoms with Crippen LogP contribution >= 0.6 is 11.3 Å². The Morgan fingerprint density at radius 2 is 2.23 bits per heavy atom. The van der Waals surface area contributed by atoms with Gasteiger partial charge in [-0.2, -0.15) is 4.98 Å². The van der Waals surface area contributed by atoms with Crippen molar-refractivity contribution in [3.05, 3.63) is 17.3 Å². The summed E-state index contributed by atoms with van der Waals surface area (Å²) in [5, 5.41) is 5.70. The number of rotatable bonds is 4. The molecule has 22 heavy (non-hydrogen) atoms. The maximum absolute atomic E-state index is 11.8. The van der Waals surface area contributed by atoms with Gasteiger partial charge >= 0.3 is 0 Å². The van der Waals surface area contributed by atoms with E-state index in [4.69, 9.17) is 9.26 Å². The summed E-state index contributed by atoms with van der Waals surface area (Å²) < 4.78 is 34.6. The standard InChI is InChI=1S/C14H18N2O4S2/c1-19-10-5-3-4-9(8-10)13-15-12(16-20-13)11-6-7-21-14(11)22(2,17)18/h6-7,9-10H,3-5,8H2,1-2H3. The summed E-state index contributed by atoms with van der Waals surface area (Å²) in [6.45, 7) is 0. The summed E-state index contributed by atoms with van der Waals surface area (Å²) in [7, 11) is -1.57. The number of ether oxygens (including phenoxy) is 1. The first-order chi connectivity index (χ1) is 10.5. The Morgan fingerprint density at radius 1 is 1.41 bits per heavy atom. The summed E-state index contributed by atoms with van der Waals surface area (Å²) in [4.78, 5) is 4.43.